The van der Waals surface area contributed by atoms with Gasteiger partial charge >= 0.3 is 0 Å². The molecule has 0 saturated carbocycles. The number of pyridine rings is 2. The van der Waals surface area contributed by atoms with E-state index >= 15 is 0 Å². The van der Waals surface area contributed by atoms with Gasteiger partial charge in [-0.15, -0.1) is 0 Å². The minimum atomic E-state index is -0.265. The van der Waals surface area contributed by atoms with Gasteiger partial charge in [-0.3, -0.25) is 9.38 Å². The van der Waals surface area contributed by atoms with Crippen molar-refractivity contribution >= 4 is 27.6 Å². The standard InChI is InChI=1S/C18H17N3/c1-18(2,3)16-9-8-12-13(19-16)10-11-21-15-7-5-4-6-14(15)20-17(12)21/h4-11H,1-3H3/i4D,5D,6D,7D. The summed E-state index contributed by atoms with van der Waals surface area (Å²) in [5.74, 6) is 0. The third-order valence-electron chi connectivity index (χ3n) is 3.65. The highest BCUT2D eigenvalue weighted by Crippen LogP contribution is 2.26. The molecule has 0 saturated heterocycles. The van der Waals surface area contributed by atoms with E-state index < -0.39 is 0 Å². The van der Waals surface area contributed by atoms with Crippen molar-refractivity contribution in [2.24, 2.45) is 0 Å². The van der Waals surface area contributed by atoms with Crippen LogP contribution < -0.4 is 0 Å². The summed E-state index contributed by atoms with van der Waals surface area (Å²) in [4.78, 5) is 9.24. The predicted octanol–water partition coefficient (Wildman–Crippen LogP) is 4.33. The molecular weight excluding hydrogens is 258 g/mol. The van der Waals surface area contributed by atoms with Crippen molar-refractivity contribution in [1.82, 2.24) is 14.4 Å². The second-order valence-electron chi connectivity index (χ2n) is 6.20. The number of rotatable bonds is 0. The lowest BCUT2D eigenvalue weighted by Gasteiger charge is -2.18. The number of nitrogens with zero attached hydrogens (tertiary/aromatic N) is 3. The third-order valence-corrected chi connectivity index (χ3v) is 3.65. The number of hydrogen-bond acceptors (Lipinski definition) is 2. The zero-order valence-corrected chi connectivity index (χ0v) is 12.2. The fourth-order valence-corrected chi connectivity index (χ4v) is 2.51. The van der Waals surface area contributed by atoms with Crippen molar-refractivity contribution in [2.75, 3.05) is 0 Å². The summed E-state index contributed by atoms with van der Waals surface area (Å²) in [6.45, 7) is 6.31. The first kappa shape index (κ1) is 8.78. The van der Waals surface area contributed by atoms with E-state index in [2.05, 4.69) is 25.8 Å². The van der Waals surface area contributed by atoms with Crippen LogP contribution in [0.15, 0.2) is 48.6 Å². The predicted molar refractivity (Wildman–Crippen MR) is 86.7 cm³/mol. The molecule has 0 N–H and O–H groups in total. The zero-order valence-electron chi connectivity index (χ0n) is 16.2. The molecule has 3 aromatic heterocycles. The molecule has 0 radical (unpaired) electrons. The van der Waals surface area contributed by atoms with Gasteiger partial charge in [0.25, 0.3) is 0 Å². The Kier molecular flexibility index (Phi) is 1.69. The molecule has 3 nitrogen and oxygen atoms in total. The number of fused-ring (bicyclic) bond motifs is 5. The summed E-state index contributed by atoms with van der Waals surface area (Å²) < 4.78 is 33.7. The van der Waals surface area contributed by atoms with E-state index in [0.717, 1.165) is 16.6 Å². The van der Waals surface area contributed by atoms with E-state index in [-0.39, 0.29) is 35.1 Å². The van der Waals surface area contributed by atoms with Crippen molar-refractivity contribution in [2.45, 2.75) is 26.2 Å². The van der Waals surface area contributed by atoms with Crippen LogP contribution in [0.5, 0.6) is 0 Å². The van der Waals surface area contributed by atoms with Crippen LogP contribution in [-0.4, -0.2) is 14.4 Å². The Morgan fingerprint density at radius 2 is 1.81 bits per heavy atom. The average molecular weight is 279 g/mol. The van der Waals surface area contributed by atoms with Crippen LogP contribution in [-0.2, 0) is 5.41 Å². The Hall–Kier alpha value is -2.42. The zero-order chi connectivity index (χ0) is 18.1. The number of para-hydroxylation sites is 2. The molecule has 0 aliphatic heterocycles. The second kappa shape index (κ2) is 4.04. The molecule has 0 fully saturated rings. The van der Waals surface area contributed by atoms with Gasteiger partial charge in [0.2, 0.25) is 0 Å². The smallest absolute Gasteiger partial charge is 0.147 e. The fourth-order valence-electron chi connectivity index (χ4n) is 2.51. The maximum absolute atomic E-state index is 8.18. The van der Waals surface area contributed by atoms with Gasteiger partial charge in [-0.2, -0.15) is 0 Å². The first-order valence-electron chi connectivity index (χ1n) is 8.88. The van der Waals surface area contributed by atoms with Crippen LogP contribution in [0, 0.1) is 0 Å². The molecule has 0 amide bonds. The lowest BCUT2D eigenvalue weighted by atomic mass is 9.91. The third kappa shape index (κ3) is 1.81. The van der Waals surface area contributed by atoms with Gasteiger partial charge in [-0.1, -0.05) is 32.9 Å². The Morgan fingerprint density at radius 1 is 1.00 bits per heavy atom. The molecule has 0 aliphatic carbocycles. The molecule has 3 heterocycles. The molecule has 4 aromatic rings. The van der Waals surface area contributed by atoms with Crippen LogP contribution >= 0.6 is 0 Å². The molecule has 4 rings (SSSR count). The lowest BCUT2D eigenvalue weighted by Crippen LogP contribution is -2.13. The summed E-state index contributed by atoms with van der Waals surface area (Å²) in [7, 11) is 0. The monoisotopic (exact) mass is 279 g/mol. The van der Waals surface area contributed by atoms with Gasteiger partial charge < -0.3 is 0 Å². The Labute approximate surface area is 128 Å². The summed E-state index contributed by atoms with van der Waals surface area (Å²) >= 11 is 0. The minimum Gasteiger partial charge on any atom is -0.299 e. The first-order chi connectivity index (χ1) is 11.7. The Balaban J connectivity index is 2.16. The van der Waals surface area contributed by atoms with Gasteiger partial charge in [0, 0.05) is 22.7 Å². The van der Waals surface area contributed by atoms with Crippen molar-refractivity contribution in [3.05, 3.63) is 54.3 Å². The molecule has 0 unspecified atom stereocenters. The SMILES string of the molecule is [2H]c1c([2H])c([2H])c2c(nc3c4ccc(C(C)(C)C)nc4ccn32)c1[2H]. The van der Waals surface area contributed by atoms with Crippen LogP contribution in [0.1, 0.15) is 31.9 Å². The van der Waals surface area contributed by atoms with Gasteiger partial charge in [0.15, 0.2) is 0 Å². The molecule has 0 aliphatic rings. The molecular formula is C18H17N3. The van der Waals surface area contributed by atoms with Crippen molar-refractivity contribution in [1.29, 1.82) is 0 Å². The quantitative estimate of drug-likeness (QED) is 0.479. The summed E-state index contributed by atoms with van der Waals surface area (Å²) in [6, 6.07) is 5.07. The van der Waals surface area contributed by atoms with Gasteiger partial charge in [0.1, 0.15) is 5.65 Å². The number of benzene rings is 1. The van der Waals surface area contributed by atoms with Crippen molar-refractivity contribution in [3.63, 3.8) is 0 Å². The van der Waals surface area contributed by atoms with Gasteiger partial charge in [-0.05, 0) is 30.3 Å². The Bertz CT molecular complexity index is 1170. The summed E-state index contributed by atoms with van der Waals surface area (Å²) in [5, 5.41) is 0.823. The van der Waals surface area contributed by atoms with E-state index in [1.54, 1.807) is 10.6 Å². The average Bonchev–Trinajstić information content (AvgIpc) is 2.96. The van der Waals surface area contributed by atoms with Crippen LogP contribution in [0.2, 0.25) is 0 Å². The van der Waals surface area contributed by atoms with Crippen molar-refractivity contribution in [3.8, 4) is 0 Å². The molecule has 0 atom stereocenters. The maximum Gasteiger partial charge on any atom is 0.147 e. The van der Waals surface area contributed by atoms with Crippen LogP contribution in [0.4, 0.5) is 0 Å². The maximum atomic E-state index is 8.18. The number of imidazole rings is 1. The van der Waals surface area contributed by atoms with E-state index in [9.17, 15) is 0 Å². The number of hydrogen-bond donors (Lipinski definition) is 0. The molecule has 1 aromatic carbocycles. The minimum absolute atomic E-state index is 0.0661. The lowest BCUT2D eigenvalue weighted by molar-refractivity contribution is 0.571. The first-order valence-corrected chi connectivity index (χ1v) is 6.88. The molecule has 21 heavy (non-hydrogen) atoms. The summed E-state index contributed by atoms with van der Waals surface area (Å²) in [6.07, 6.45) is 1.77. The van der Waals surface area contributed by atoms with E-state index in [1.165, 1.54) is 0 Å². The number of aromatic nitrogens is 3. The molecule has 0 spiro atoms. The van der Waals surface area contributed by atoms with E-state index in [1.807, 2.05) is 18.2 Å². The van der Waals surface area contributed by atoms with Crippen LogP contribution in [0.25, 0.3) is 27.6 Å². The van der Waals surface area contributed by atoms with Crippen LogP contribution in [0.3, 0.4) is 0 Å². The topological polar surface area (TPSA) is 30.2 Å². The second-order valence-corrected chi connectivity index (χ2v) is 6.20. The highest BCUT2D eigenvalue weighted by molar-refractivity contribution is 5.96. The van der Waals surface area contributed by atoms with Gasteiger partial charge in [-0.25, -0.2) is 4.98 Å². The molecule has 0 bridgehead atoms. The highest BCUT2D eigenvalue weighted by Gasteiger charge is 2.16. The summed E-state index contributed by atoms with van der Waals surface area (Å²) in [5.41, 5.74) is 2.97. The van der Waals surface area contributed by atoms with Gasteiger partial charge in [0.05, 0.1) is 22.0 Å². The van der Waals surface area contributed by atoms with Crippen molar-refractivity contribution < 1.29 is 5.48 Å². The van der Waals surface area contributed by atoms with E-state index in [4.69, 9.17) is 10.5 Å². The molecule has 104 valence electrons. The normalized spacial score (nSPS) is 15.2. The highest BCUT2D eigenvalue weighted by atomic mass is 15.0. The van der Waals surface area contributed by atoms with E-state index in [0.29, 0.717) is 11.2 Å². The Morgan fingerprint density at radius 3 is 2.62 bits per heavy atom. The largest absolute Gasteiger partial charge is 0.299 e. The fraction of sp³-hybridized carbons (Fsp3) is 0.222. The molecule has 3 heteroatoms.